The Hall–Kier alpha value is -2.42. The van der Waals surface area contributed by atoms with Crippen molar-refractivity contribution in [3.05, 3.63) is 34.8 Å². The lowest BCUT2D eigenvalue weighted by molar-refractivity contribution is 0.941. The number of nitriles is 1. The van der Waals surface area contributed by atoms with Gasteiger partial charge in [0.25, 0.3) is 0 Å². The zero-order valence-corrected chi connectivity index (χ0v) is 9.65. The summed E-state index contributed by atoms with van der Waals surface area (Å²) in [5.74, 6) is 0.511. The number of nitrogens with one attached hydrogen (secondary N) is 2. The molecule has 2 N–H and O–H groups in total. The van der Waals surface area contributed by atoms with E-state index < -0.39 is 0 Å². The number of aromatic amines is 1. The minimum Gasteiger partial charge on any atom is -0.363 e. The van der Waals surface area contributed by atoms with Gasteiger partial charge in [-0.2, -0.15) is 15.5 Å². The zero-order chi connectivity index (χ0) is 12.3. The molecule has 2 aromatic heterocycles. The first-order chi connectivity index (χ1) is 8.22. The van der Waals surface area contributed by atoms with Crippen LogP contribution < -0.4 is 5.32 Å². The van der Waals surface area contributed by atoms with E-state index in [9.17, 15) is 0 Å². The van der Waals surface area contributed by atoms with Crippen molar-refractivity contribution in [2.45, 2.75) is 20.4 Å². The lowest BCUT2D eigenvalue weighted by Crippen LogP contribution is -2.07. The van der Waals surface area contributed by atoms with Gasteiger partial charge in [-0.25, -0.2) is 0 Å². The molecule has 0 atom stereocenters. The van der Waals surface area contributed by atoms with E-state index in [1.54, 1.807) is 12.4 Å². The van der Waals surface area contributed by atoms with Gasteiger partial charge in [0.2, 0.25) is 0 Å². The molecule has 0 aliphatic carbocycles. The van der Waals surface area contributed by atoms with Gasteiger partial charge in [0.05, 0.1) is 11.9 Å². The van der Waals surface area contributed by atoms with Crippen LogP contribution in [0.5, 0.6) is 0 Å². The van der Waals surface area contributed by atoms with Gasteiger partial charge in [-0.15, -0.1) is 5.10 Å². The lowest BCUT2D eigenvalue weighted by atomic mass is 10.1. The number of aromatic nitrogens is 4. The highest BCUT2D eigenvalue weighted by atomic mass is 15.2. The first-order valence-corrected chi connectivity index (χ1v) is 5.18. The van der Waals surface area contributed by atoms with E-state index in [1.165, 1.54) is 0 Å². The Morgan fingerprint density at radius 3 is 2.88 bits per heavy atom. The van der Waals surface area contributed by atoms with Crippen molar-refractivity contribution < 1.29 is 0 Å². The van der Waals surface area contributed by atoms with E-state index >= 15 is 0 Å². The molecule has 0 fully saturated rings. The summed E-state index contributed by atoms with van der Waals surface area (Å²) in [6.45, 7) is 4.26. The molecule has 0 saturated carbocycles. The Bertz CT molecular complexity index is 552. The summed E-state index contributed by atoms with van der Waals surface area (Å²) >= 11 is 0. The molecule has 17 heavy (non-hydrogen) atoms. The summed E-state index contributed by atoms with van der Waals surface area (Å²) in [4.78, 5) is 0. The van der Waals surface area contributed by atoms with Crippen molar-refractivity contribution in [2.24, 2.45) is 0 Å². The molecule has 2 heterocycles. The highest BCUT2D eigenvalue weighted by Gasteiger charge is 2.10. The molecule has 0 aliphatic heterocycles. The van der Waals surface area contributed by atoms with Gasteiger partial charge < -0.3 is 5.32 Å². The monoisotopic (exact) mass is 228 g/mol. The fraction of sp³-hybridized carbons (Fsp3) is 0.273. The molecular formula is C11H12N6. The Balaban J connectivity index is 2.22. The second-order valence-corrected chi connectivity index (χ2v) is 3.71. The van der Waals surface area contributed by atoms with Crippen molar-refractivity contribution >= 4 is 5.82 Å². The third-order valence-electron chi connectivity index (χ3n) is 2.58. The average Bonchev–Trinajstić information content (AvgIpc) is 2.83. The minimum atomic E-state index is 0.511. The summed E-state index contributed by atoms with van der Waals surface area (Å²) < 4.78 is 0. The molecule has 6 nitrogen and oxygen atoms in total. The maximum absolute atomic E-state index is 9.10. The molecule has 0 aliphatic rings. The Morgan fingerprint density at radius 2 is 2.24 bits per heavy atom. The Labute approximate surface area is 98.7 Å². The normalized spacial score (nSPS) is 9.94. The number of nitrogens with zero attached hydrogens (tertiary/aromatic N) is 4. The van der Waals surface area contributed by atoms with Crippen LogP contribution in [0.15, 0.2) is 12.4 Å². The minimum absolute atomic E-state index is 0.511. The number of H-pyrrole nitrogens is 1. The van der Waals surface area contributed by atoms with Crippen LogP contribution in [0.25, 0.3) is 0 Å². The van der Waals surface area contributed by atoms with E-state index in [1.807, 2.05) is 13.8 Å². The molecule has 2 aromatic rings. The van der Waals surface area contributed by atoms with E-state index in [2.05, 4.69) is 31.8 Å². The molecule has 0 unspecified atom stereocenters. The van der Waals surface area contributed by atoms with Crippen LogP contribution in [0.4, 0.5) is 5.82 Å². The number of hydrogen-bond acceptors (Lipinski definition) is 5. The molecule has 0 aromatic carbocycles. The topological polar surface area (TPSA) is 90.3 Å². The van der Waals surface area contributed by atoms with Crippen molar-refractivity contribution in [1.29, 1.82) is 5.26 Å². The van der Waals surface area contributed by atoms with Gasteiger partial charge in [0.1, 0.15) is 11.6 Å². The number of rotatable bonds is 3. The van der Waals surface area contributed by atoms with Crippen molar-refractivity contribution in [3.8, 4) is 6.07 Å². The Morgan fingerprint density at radius 1 is 1.41 bits per heavy atom. The van der Waals surface area contributed by atoms with Crippen LogP contribution in [0, 0.1) is 25.2 Å². The lowest BCUT2D eigenvalue weighted by Gasteiger charge is -2.08. The standard InChI is InChI=1S/C11H12N6/c1-7-8(2)16-17-11(10(7)3-12)13-4-9-5-14-15-6-9/h5-6H,4H2,1-2H3,(H,13,17)(H,14,15). The van der Waals surface area contributed by atoms with Gasteiger partial charge in [0, 0.05) is 18.3 Å². The van der Waals surface area contributed by atoms with Gasteiger partial charge in [-0.05, 0) is 19.4 Å². The van der Waals surface area contributed by atoms with Gasteiger partial charge in [0.15, 0.2) is 5.82 Å². The van der Waals surface area contributed by atoms with Crippen LogP contribution in [0.3, 0.4) is 0 Å². The molecule has 0 amide bonds. The summed E-state index contributed by atoms with van der Waals surface area (Å²) in [6.07, 6.45) is 3.50. The fourth-order valence-electron chi connectivity index (χ4n) is 1.43. The molecule has 0 saturated heterocycles. The van der Waals surface area contributed by atoms with E-state index in [0.717, 1.165) is 16.8 Å². The third-order valence-corrected chi connectivity index (χ3v) is 2.58. The largest absolute Gasteiger partial charge is 0.363 e. The van der Waals surface area contributed by atoms with E-state index in [-0.39, 0.29) is 0 Å². The first kappa shape index (κ1) is 11.1. The summed E-state index contributed by atoms with van der Waals surface area (Å²) in [5, 5.41) is 26.7. The zero-order valence-electron chi connectivity index (χ0n) is 9.65. The third kappa shape index (κ3) is 2.23. The highest BCUT2D eigenvalue weighted by molar-refractivity contribution is 5.55. The van der Waals surface area contributed by atoms with E-state index in [0.29, 0.717) is 17.9 Å². The van der Waals surface area contributed by atoms with Crippen LogP contribution in [-0.4, -0.2) is 20.4 Å². The molecule has 6 heteroatoms. The summed E-state index contributed by atoms with van der Waals surface area (Å²) in [5.41, 5.74) is 3.17. The first-order valence-electron chi connectivity index (χ1n) is 5.18. The quantitative estimate of drug-likeness (QED) is 0.826. The predicted molar refractivity (Wildman–Crippen MR) is 62.1 cm³/mol. The maximum atomic E-state index is 9.10. The smallest absolute Gasteiger partial charge is 0.167 e. The van der Waals surface area contributed by atoms with Gasteiger partial charge >= 0.3 is 0 Å². The molecule has 0 radical (unpaired) electrons. The summed E-state index contributed by atoms with van der Waals surface area (Å²) in [7, 11) is 0. The number of hydrogen-bond donors (Lipinski definition) is 2. The molecule has 0 spiro atoms. The average molecular weight is 228 g/mol. The van der Waals surface area contributed by atoms with Crippen molar-refractivity contribution in [2.75, 3.05) is 5.32 Å². The molecule has 2 rings (SSSR count). The molecular weight excluding hydrogens is 216 g/mol. The molecule has 0 bridgehead atoms. The van der Waals surface area contributed by atoms with Gasteiger partial charge in [-0.1, -0.05) is 0 Å². The highest BCUT2D eigenvalue weighted by Crippen LogP contribution is 2.17. The van der Waals surface area contributed by atoms with Crippen LogP contribution >= 0.6 is 0 Å². The van der Waals surface area contributed by atoms with Gasteiger partial charge in [-0.3, -0.25) is 5.10 Å². The van der Waals surface area contributed by atoms with Crippen LogP contribution in [0.1, 0.15) is 22.4 Å². The van der Waals surface area contributed by atoms with Crippen molar-refractivity contribution in [3.63, 3.8) is 0 Å². The number of aryl methyl sites for hydroxylation is 1. The maximum Gasteiger partial charge on any atom is 0.167 e. The second-order valence-electron chi connectivity index (χ2n) is 3.71. The fourth-order valence-corrected chi connectivity index (χ4v) is 1.43. The van der Waals surface area contributed by atoms with Crippen LogP contribution in [0.2, 0.25) is 0 Å². The second kappa shape index (κ2) is 4.61. The number of anilines is 1. The SMILES string of the molecule is Cc1nnc(NCc2cn[nH]c2)c(C#N)c1C. The Kier molecular flexibility index (Phi) is 3.01. The van der Waals surface area contributed by atoms with Crippen LogP contribution in [-0.2, 0) is 6.54 Å². The predicted octanol–water partition coefficient (Wildman–Crippen LogP) is 1.30. The summed E-state index contributed by atoms with van der Waals surface area (Å²) in [6, 6.07) is 2.15. The van der Waals surface area contributed by atoms with E-state index in [4.69, 9.17) is 5.26 Å². The van der Waals surface area contributed by atoms with Crippen molar-refractivity contribution in [1.82, 2.24) is 20.4 Å². The molecule has 86 valence electrons.